The van der Waals surface area contributed by atoms with Crippen molar-refractivity contribution in [2.24, 2.45) is 0 Å². The molecule has 1 rings (SSSR count). The number of rotatable bonds is 2. The van der Waals surface area contributed by atoms with Crippen molar-refractivity contribution >= 4 is 21.8 Å². The molecule has 0 unspecified atom stereocenters. The Hall–Kier alpha value is -0.770. The largest absolute Gasteiger partial charge is 0.272 e. The monoisotopic (exact) mass is 230 g/mol. The highest BCUT2D eigenvalue weighted by molar-refractivity contribution is 9.10. The summed E-state index contributed by atoms with van der Waals surface area (Å²) in [6.45, 7) is 3.59. The van der Waals surface area contributed by atoms with Crippen LogP contribution in [0.5, 0.6) is 0 Å². The second-order valence-corrected chi connectivity index (χ2v) is 4.99. The Kier molecular flexibility index (Phi) is 2.57. The van der Waals surface area contributed by atoms with Crippen molar-refractivity contribution < 1.29 is 4.79 Å². The molecule has 0 saturated carbocycles. The van der Waals surface area contributed by atoms with Crippen molar-refractivity contribution in [1.29, 1.82) is 0 Å². The molecular weight excluding hydrogens is 220 g/mol. The summed E-state index contributed by atoms with van der Waals surface area (Å²) in [6, 6.07) is 3.70. The highest BCUT2D eigenvalue weighted by Gasteiger charge is 2.23. The molecule has 1 heterocycles. The van der Waals surface area contributed by atoms with Crippen molar-refractivity contribution in [3.8, 4) is 0 Å². The van der Waals surface area contributed by atoms with E-state index in [0.29, 0.717) is 0 Å². The van der Waals surface area contributed by atoms with Crippen molar-refractivity contribution in [3.05, 3.63) is 24.5 Å². The van der Waals surface area contributed by atoms with Crippen LogP contribution in [0.15, 0.2) is 24.5 Å². The third-order valence-electron chi connectivity index (χ3n) is 1.38. The van der Waals surface area contributed by atoms with E-state index in [-0.39, 0.29) is 5.91 Å². The summed E-state index contributed by atoms with van der Waals surface area (Å²) < 4.78 is 1.09. The predicted molar refractivity (Wildman–Crippen MR) is 51.8 cm³/mol. The van der Waals surface area contributed by atoms with E-state index in [0.717, 1.165) is 0 Å². The van der Waals surface area contributed by atoms with Gasteiger partial charge in [0.15, 0.2) is 0 Å². The summed E-state index contributed by atoms with van der Waals surface area (Å²) in [5, 5.41) is 0. The first-order valence-corrected chi connectivity index (χ1v) is 4.43. The Balaban J connectivity index is 2.60. The number of nitrogens with zero attached hydrogens (tertiary/aromatic N) is 1. The number of hydrogen-bond donors (Lipinski definition) is 1. The van der Waals surface area contributed by atoms with Crippen LogP contribution in [0.3, 0.4) is 0 Å². The van der Waals surface area contributed by atoms with Crippen LogP contribution >= 0.6 is 15.9 Å². The van der Waals surface area contributed by atoms with E-state index in [4.69, 9.17) is 0 Å². The molecular formula is C8H11BrN2O. The van der Waals surface area contributed by atoms with Gasteiger partial charge in [-0.3, -0.25) is 14.9 Å². The second-order valence-electron chi connectivity index (χ2n) is 3.00. The van der Waals surface area contributed by atoms with Crippen molar-refractivity contribution in [1.82, 2.24) is 4.68 Å². The maximum atomic E-state index is 11.4. The summed E-state index contributed by atoms with van der Waals surface area (Å²) in [5.41, 5.74) is 2.69. The molecule has 0 aliphatic rings. The molecule has 1 amide bonds. The SMILES string of the molecule is CC(C)(Br)C(=O)Nn1cccc1. The minimum atomic E-state index is -0.530. The topological polar surface area (TPSA) is 34.0 Å². The van der Waals surface area contributed by atoms with Gasteiger partial charge in [0.1, 0.15) is 4.32 Å². The molecule has 0 atom stereocenters. The van der Waals surface area contributed by atoms with Gasteiger partial charge in [0, 0.05) is 12.4 Å². The lowest BCUT2D eigenvalue weighted by Crippen LogP contribution is -2.35. The quantitative estimate of drug-likeness (QED) is 0.772. The lowest BCUT2D eigenvalue weighted by molar-refractivity contribution is -0.118. The van der Waals surface area contributed by atoms with E-state index in [1.165, 1.54) is 0 Å². The smallest absolute Gasteiger partial charge is 0.255 e. The second kappa shape index (κ2) is 3.31. The molecule has 0 saturated heterocycles. The Labute approximate surface area is 79.9 Å². The van der Waals surface area contributed by atoms with E-state index in [2.05, 4.69) is 21.4 Å². The normalized spacial score (nSPS) is 11.2. The molecule has 0 fully saturated rings. The number of alkyl halides is 1. The molecule has 4 heteroatoms. The fourth-order valence-corrected chi connectivity index (χ4v) is 0.748. The first kappa shape index (κ1) is 9.32. The molecule has 1 N–H and O–H groups in total. The summed E-state index contributed by atoms with van der Waals surface area (Å²) in [4.78, 5) is 11.4. The lowest BCUT2D eigenvalue weighted by Gasteiger charge is -2.15. The fraction of sp³-hybridized carbons (Fsp3) is 0.375. The van der Waals surface area contributed by atoms with Crippen molar-refractivity contribution in [2.45, 2.75) is 18.2 Å². The van der Waals surface area contributed by atoms with Gasteiger partial charge in [-0.15, -0.1) is 0 Å². The Morgan fingerprint density at radius 3 is 2.33 bits per heavy atom. The van der Waals surface area contributed by atoms with Crippen molar-refractivity contribution in [3.63, 3.8) is 0 Å². The van der Waals surface area contributed by atoms with Crippen LogP contribution in [-0.2, 0) is 4.79 Å². The molecule has 12 heavy (non-hydrogen) atoms. The van der Waals surface area contributed by atoms with E-state index in [1.807, 2.05) is 12.1 Å². The fourth-order valence-electron chi connectivity index (χ4n) is 0.659. The number of aromatic nitrogens is 1. The number of amides is 1. The highest BCUT2D eigenvalue weighted by Crippen LogP contribution is 2.15. The zero-order chi connectivity index (χ0) is 9.19. The molecule has 0 aromatic carbocycles. The molecule has 0 aliphatic heterocycles. The van der Waals surface area contributed by atoms with Crippen LogP contribution in [0.25, 0.3) is 0 Å². The van der Waals surface area contributed by atoms with Crippen LogP contribution in [0.1, 0.15) is 13.8 Å². The standard InChI is InChI=1S/C8H11BrN2O/c1-8(2,9)7(12)10-11-5-3-4-6-11/h3-6H,1-2H3,(H,10,12). The number of carbonyl (C=O) groups excluding carboxylic acids is 1. The molecule has 66 valence electrons. The Morgan fingerprint density at radius 1 is 1.42 bits per heavy atom. The van der Waals surface area contributed by atoms with Gasteiger partial charge in [-0.2, -0.15) is 0 Å². The van der Waals surface area contributed by atoms with Gasteiger partial charge < -0.3 is 0 Å². The summed E-state index contributed by atoms with van der Waals surface area (Å²) in [7, 11) is 0. The van der Waals surface area contributed by atoms with E-state index in [1.54, 1.807) is 30.9 Å². The van der Waals surface area contributed by atoms with Gasteiger partial charge in [0.2, 0.25) is 0 Å². The van der Waals surface area contributed by atoms with Crippen LogP contribution < -0.4 is 5.43 Å². The zero-order valence-corrected chi connectivity index (χ0v) is 8.63. The summed E-state index contributed by atoms with van der Waals surface area (Å²) in [6.07, 6.45) is 3.55. The van der Waals surface area contributed by atoms with E-state index >= 15 is 0 Å². The Morgan fingerprint density at radius 2 is 1.92 bits per heavy atom. The lowest BCUT2D eigenvalue weighted by atomic mass is 10.2. The zero-order valence-electron chi connectivity index (χ0n) is 7.04. The maximum Gasteiger partial charge on any atom is 0.255 e. The Bertz CT molecular complexity index is 261. The number of hydrogen-bond acceptors (Lipinski definition) is 1. The molecule has 1 aromatic rings. The molecule has 1 aromatic heterocycles. The minimum Gasteiger partial charge on any atom is -0.272 e. The third kappa shape index (κ3) is 2.37. The van der Waals surface area contributed by atoms with Crippen molar-refractivity contribution in [2.75, 3.05) is 5.43 Å². The van der Waals surface area contributed by atoms with Gasteiger partial charge in [-0.1, -0.05) is 15.9 Å². The number of halogens is 1. The molecule has 0 aliphatic carbocycles. The number of nitrogens with one attached hydrogen (secondary N) is 1. The van der Waals surface area contributed by atoms with Crippen LogP contribution in [0.4, 0.5) is 0 Å². The van der Waals surface area contributed by atoms with E-state index in [9.17, 15) is 4.79 Å². The molecule has 0 radical (unpaired) electrons. The van der Waals surface area contributed by atoms with Gasteiger partial charge in [0.05, 0.1) is 0 Å². The van der Waals surface area contributed by atoms with Crippen LogP contribution in [0, 0.1) is 0 Å². The molecule has 3 nitrogen and oxygen atoms in total. The van der Waals surface area contributed by atoms with Gasteiger partial charge in [-0.05, 0) is 26.0 Å². The third-order valence-corrected chi connectivity index (χ3v) is 1.74. The van der Waals surface area contributed by atoms with Gasteiger partial charge >= 0.3 is 0 Å². The number of carbonyl (C=O) groups is 1. The van der Waals surface area contributed by atoms with Gasteiger partial charge in [0.25, 0.3) is 5.91 Å². The average molecular weight is 231 g/mol. The van der Waals surface area contributed by atoms with Crippen LogP contribution in [-0.4, -0.2) is 14.9 Å². The van der Waals surface area contributed by atoms with Crippen LogP contribution in [0.2, 0.25) is 0 Å². The van der Waals surface area contributed by atoms with E-state index < -0.39 is 4.32 Å². The summed E-state index contributed by atoms with van der Waals surface area (Å²) in [5.74, 6) is -0.0706. The minimum absolute atomic E-state index is 0.0706. The predicted octanol–water partition coefficient (Wildman–Crippen LogP) is 1.73. The van der Waals surface area contributed by atoms with Gasteiger partial charge in [-0.25, -0.2) is 0 Å². The first-order chi connectivity index (χ1) is 5.50. The summed E-state index contributed by atoms with van der Waals surface area (Å²) >= 11 is 3.26. The molecule has 0 bridgehead atoms. The molecule has 0 spiro atoms. The first-order valence-electron chi connectivity index (χ1n) is 3.63. The highest BCUT2D eigenvalue weighted by atomic mass is 79.9. The maximum absolute atomic E-state index is 11.4. The average Bonchev–Trinajstić information content (AvgIpc) is 2.37.